The smallest absolute Gasteiger partial charge is 0.269 e. The third kappa shape index (κ3) is 4.08. The number of benzene rings is 3. The maximum atomic E-state index is 13.5. The highest BCUT2D eigenvalue weighted by Gasteiger charge is 2.37. The summed E-state index contributed by atoms with van der Waals surface area (Å²) in [6, 6.07) is 18.9. The molecule has 1 aliphatic heterocycles. The normalized spacial score (nSPS) is 16.3. The number of methoxy groups -OCH3 is 1. The highest BCUT2D eigenvalue weighted by atomic mass is 32.2. The van der Waals surface area contributed by atoms with Gasteiger partial charge in [-0.1, -0.05) is 29.8 Å². The lowest BCUT2D eigenvalue weighted by atomic mass is 10.0. The van der Waals surface area contributed by atoms with E-state index in [1.54, 1.807) is 61.7 Å². The molecule has 3 aromatic rings. The van der Waals surface area contributed by atoms with Crippen molar-refractivity contribution in [3.8, 4) is 5.75 Å². The molecule has 1 N–H and O–H groups in total. The number of rotatable bonds is 6. The number of nitro benzene ring substituents is 1. The quantitative estimate of drug-likeness (QED) is 0.445. The van der Waals surface area contributed by atoms with Crippen molar-refractivity contribution in [1.29, 1.82) is 0 Å². The lowest BCUT2D eigenvalue weighted by Gasteiger charge is -2.25. The summed E-state index contributed by atoms with van der Waals surface area (Å²) in [5.74, 6) is 0.673. The molecule has 0 aliphatic carbocycles. The molecule has 0 bridgehead atoms. The number of nitro groups is 1. The molecular formula is C23H21N3O5S. The maximum absolute atomic E-state index is 13.5. The van der Waals surface area contributed by atoms with Gasteiger partial charge in [-0.15, -0.1) is 4.41 Å². The van der Waals surface area contributed by atoms with Crippen LogP contribution in [0.15, 0.2) is 83.8 Å². The number of non-ortho nitro benzene ring substituents is 1. The second kappa shape index (κ2) is 8.45. The van der Waals surface area contributed by atoms with Gasteiger partial charge in [0, 0.05) is 12.1 Å². The molecule has 164 valence electrons. The van der Waals surface area contributed by atoms with Crippen LogP contribution in [0, 0.1) is 17.0 Å². The Labute approximate surface area is 185 Å². The van der Waals surface area contributed by atoms with Crippen LogP contribution in [-0.2, 0) is 10.0 Å². The van der Waals surface area contributed by atoms with Crippen LogP contribution >= 0.6 is 0 Å². The van der Waals surface area contributed by atoms with E-state index < -0.39 is 21.0 Å². The zero-order chi connectivity index (χ0) is 22.9. The molecule has 0 fully saturated rings. The minimum atomic E-state index is -3.96. The van der Waals surface area contributed by atoms with Gasteiger partial charge >= 0.3 is 0 Å². The lowest BCUT2D eigenvalue weighted by molar-refractivity contribution is -0.384. The SMILES string of the molecule is COc1ccc(C2=CC(c3cccc([N+](=O)[O-])c3)N(S(=O)(=O)c3ccc(C)cc3)N2)cc1. The maximum Gasteiger partial charge on any atom is 0.269 e. The number of hydrogen-bond donors (Lipinski definition) is 1. The minimum absolute atomic E-state index is 0.110. The van der Waals surface area contributed by atoms with E-state index in [1.165, 1.54) is 12.1 Å². The van der Waals surface area contributed by atoms with E-state index in [0.717, 1.165) is 15.5 Å². The molecule has 1 atom stereocenters. The zero-order valence-electron chi connectivity index (χ0n) is 17.4. The minimum Gasteiger partial charge on any atom is -0.497 e. The molecule has 0 spiro atoms. The van der Waals surface area contributed by atoms with Gasteiger partial charge in [-0.3, -0.25) is 10.1 Å². The third-order valence-electron chi connectivity index (χ3n) is 5.21. The zero-order valence-corrected chi connectivity index (χ0v) is 18.2. The molecular weight excluding hydrogens is 430 g/mol. The van der Waals surface area contributed by atoms with Gasteiger partial charge in [0.25, 0.3) is 15.7 Å². The van der Waals surface area contributed by atoms with Crippen molar-refractivity contribution in [1.82, 2.24) is 9.84 Å². The van der Waals surface area contributed by atoms with Crippen LogP contribution in [0.5, 0.6) is 5.75 Å². The first-order valence-corrected chi connectivity index (χ1v) is 11.2. The number of aryl methyl sites for hydroxylation is 1. The average molecular weight is 452 g/mol. The van der Waals surface area contributed by atoms with E-state index in [-0.39, 0.29) is 10.6 Å². The molecule has 0 saturated carbocycles. The molecule has 1 aliphatic rings. The van der Waals surface area contributed by atoms with Crippen molar-refractivity contribution in [2.75, 3.05) is 7.11 Å². The van der Waals surface area contributed by atoms with Crippen LogP contribution in [0.2, 0.25) is 0 Å². The average Bonchev–Trinajstić information content (AvgIpc) is 3.26. The molecule has 0 amide bonds. The van der Waals surface area contributed by atoms with Gasteiger partial charge in [0.15, 0.2) is 0 Å². The van der Waals surface area contributed by atoms with Crippen molar-refractivity contribution in [2.24, 2.45) is 0 Å². The van der Waals surface area contributed by atoms with Crippen molar-refractivity contribution in [3.05, 3.63) is 106 Å². The van der Waals surface area contributed by atoms with E-state index in [1.807, 2.05) is 19.1 Å². The van der Waals surface area contributed by atoms with Crippen LogP contribution in [0.1, 0.15) is 22.7 Å². The van der Waals surface area contributed by atoms with Crippen molar-refractivity contribution < 1.29 is 18.1 Å². The summed E-state index contributed by atoms with van der Waals surface area (Å²) in [5, 5.41) is 11.3. The predicted octanol–water partition coefficient (Wildman–Crippen LogP) is 4.20. The van der Waals surface area contributed by atoms with Gasteiger partial charge in [0.1, 0.15) is 5.75 Å². The molecule has 1 heterocycles. The summed E-state index contributed by atoms with van der Waals surface area (Å²) < 4.78 is 33.3. The Kier molecular flexibility index (Phi) is 5.68. The molecule has 8 nitrogen and oxygen atoms in total. The fraction of sp³-hybridized carbons (Fsp3) is 0.130. The topological polar surface area (TPSA) is 102 Å². The number of nitrogens with zero attached hydrogens (tertiary/aromatic N) is 2. The van der Waals surface area contributed by atoms with E-state index in [9.17, 15) is 18.5 Å². The summed E-state index contributed by atoms with van der Waals surface area (Å²) in [6.45, 7) is 1.87. The molecule has 0 radical (unpaired) electrons. The van der Waals surface area contributed by atoms with E-state index in [4.69, 9.17) is 4.74 Å². The monoisotopic (exact) mass is 451 g/mol. The van der Waals surface area contributed by atoms with Gasteiger partial charge in [0.05, 0.1) is 28.7 Å². The third-order valence-corrected chi connectivity index (χ3v) is 6.91. The largest absolute Gasteiger partial charge is 0.497 e. The summed E-state index contributed by atoms with van der Waals surface area (Å²) in [4.78, 5) is 10.9. The molecule has 9 heteroatoms. The Balaban J connectivity index is 1.79. The Hall–Kier alpha value is -3.69. The van der Waals surface area contributed by atoms with Gasteiger partial charge in [-0.25, -0.2) is 8.42 Å². The van der Waals surface area contributed by atoms with Gasteiger partial charge < -0.3 is 10.2 Å². The van der Waals surface area contributed by atoms with Crippen molar-refractivity contribution >= 4 is 21.4 Å². The van der Waals surface area contributed by atoms with Gasteiger partial charge in [-0.2, -0.15) is 0 Å². The molecule has 4 rings (SSSR count). The van der Waals surface area contributed by atoms with Gasteiger partial charge in [-0.05, 0) is 60.5 Å². The van der Waals surface area contributed by atoms with Crippen LogP contribution in [0.25, 0.3) is 5.70 Å². The van der Waals surface area contributed by atoms with Crippen molar-refractivity contribution in [2.45, 2.75) is 17.9 Å². The van der Waals surface area contributed by atoms with E-state index >= 15 is 0 Å². The summed E-state index contributed by atoms with van der Waals surface area (Å²) in [6.07, 6.45) is 1.74. The van der Waals surface area contributed by atoms with E-state index in [2.05, 4.69) is 5.43 Å². The standard InChI is InChI=1S/C23H21N3O5S/c1-16-6-12-21(13-7-16)32(29,30)25-23(18-4-3-5-19(14-18)26(27)28)15-22(24-25)17-8-10-20(31-2)11-9-17/h3-15,23-24H,1-2H3. The molecule has 0 aromatic heterocycles. The Bertz CT molecular complexity index is 1290. The fourth-order valence-electron chi connectivity index (χ4n) is 3.47. The number of nitrogens with one attached hydrogen (secondary N) is 1. The Morgan fingerprint density at radius 3 is 2.34 bits per heavy atom. The Morgan fingerprint density at radius 2 is 1.72 bits per heavy atom. The highest BCUT2D eigenvalue weighted by Crippen LogP contribution is 2.36. The summed E-state index contributed by atoms with van der Waals surface area (Å²) in [5.41, 5.74) is 5.62. The molecule has 1 unspecified atom stereocenters. The second-order valence-corrected chi connectivity index (χ2v) is 9.15. The van der Waals surface area contributed by atoms with Crippen LogP contribution < -0.4 is 10.2 Å². The second-order valence-electron chi connectivity index (χ2n) is 7.33. The predicted molar refractivity (Wildman–Crippen MR) is 120 cm³/mol. The first-order valence-electron chi connectivity index (χ1n) is 9.78. The summed E-state index contributed by atoms with van der Waals surface area (Å²) >= 11 is 0. The molecule has 32 heavy (non-hydrogen) atoms. The first kappa shape index (κ1) is 21.5. The molecule has 3 aromatic carbocycles. The number of ether oxygens (including phenoxy) is 1. The number of sulfonamides is 1. The highest BCUT2D eigenvalue weighted by molar-refractivity contribution is 7.89. The summed E-state index contributed by atoms with van der Waals surface area (Å²) in [7, 11) is -2.40. The van der Waals surface area contributed by atoms with Crippen molar-refractivity contribution in [3.63, 3.8) is 0 Å². The lowest BCUT2D eigenvalue weighted by Crippen LogP contribution is -2.39. The fourth-order valence-corrected chi connectivity index (χ4v) is 4.88. The van der Waals surface area contributed by atoms with E-state index in [0.29, 0.717) is 17.0 Å². The van der Waals surface area contributed by atoms with Crippen LogP contribution in [-0.4, -0.2) is 24.9 Å². The van der Waals surface area contributed by atoms with Gasteiger partial charge in [0.2, 0.25) is 0 Å². The van der Waals surface area contributed by atoms with Crippen LogP contribution in [0.4, 0.5) is 5.69 Å². The van der Waals surface area contributed by atoms with Crippen LogP contribution in [0.3, 0.4) is 0 Å². The number of hydrazine groups is 1. The molecule has 0 saturated heterocycles. The number of hydrogen-bond acceptors (Lipinski definition) is 6. The first-order chi connectivity index (χ1) is 15.3. The Morgan fingerprint density at radius 1 is 1.03 bits per heavy atom.